The molecule has 0 bridgehead atoms. The SMILES string of the molecule is CC1CC2=C(C(=O)CCNC2=O)N1C. The van der Waals surface area contributed by atoms with E-state index in [1.54, 1.807) is 0 Å². The highest BCUT2D eigenvalue weighted by Crippen LogP contribution is 2.29. The Morgan fingerprint density at radius 2 is 2.14 bits per heavy atom. The standard InChI is InChI=1S/C10H14N2O2/c1-6-5-7-9(12(6)2)8(13)3-4-11-10(7)14/h6H,3-5H2,1-2H3,(H,11,14). The van der Waals surface area contributed by atoms with Gasteiger partial charge < -0.3 is 10.2 Å². The second-order valence-electron chi connectivity index (χ2n) is 3.92. The van der Waals surface area contributed by atoms with Gasteiger partial charge in [0.15, 0.2) is 5.78 Å². The van der Waals surface area contributed by atoms with Gasteiger partial charge in [0.2, 0.25) is 5.91 Å². The number of nitrogens with zero attached hydrogens (tertiary/aromatic N) is 1. The molecule has 4 heteroatoms. The summed E-state index contributed by atoms with van der Waals surface area (Å²) in [5.41, 5.74) is 1.30. The quantitative estimate of drug-likeness (QED) is 0.593. The third kappa shape index (κ3) is 1.22. The second kappa shape index (κ2) is 3.12. The number of amides is 1. The van der Waals surface area contributed by atoms with E-state index in [1.807, 2.05) is 18.9 Å². The Kier molecular flexibility index (Phi) is 2.06. The fourth-order valence-corrected chi connectivity index (χ4v) is 2.04. The Morgan fingerprint density at radius 3 is 2.86 bits per heavy atom. The number of rotatable bonds is 0. The van der Waals surface area contributed by atoms with Crippen molar-refractivity contribution in [1.82, 2.24) is 10.2 Å². The van der Waals surface area contributed by atoms with E-state index in [4.69, 9.17) is 0 Å². The molecule has 0 fully saturated rings. The van der Waals surface area contributed by atoms with Crippen molar-refractivity contribution in [2.75, 3.05) is 13.6 Å². The molecule has 2 aliphatic rings. The van der Waals surface area contributed by atoms with E-state index in [1.165, 1.54) is 0 Å². The van der Waals surface area contributed by atoms with Crippen molar-refractivity contribution in [3.63, 3.8) is 0 Å². The molecule has 0 aromatic carbocycles. The zero-order valence-electron chi connectivity index (χ0n) is 8.46. The van der Waals surface area contributed by atoms with E-state index >= 15 is 0 Å². The van der Waals surface area contributed by atoms with Gasteiger partial charge in [0.25, 0.3) is 0 Å². The van der Waals surface area contributed by atoms with Gasteiger partial charge in [-0.05, 0) is 6.92 Å². The summed E-state index contributed by atoms with van der Waals surface area (Å²) in [6, 6.07) is 0.257. The lowest BCUT2D eigenvalue weighted by Crippen LogP contribution is -2.28. The van der Waals surface area contributed by atoms with Crippen LogP contribution in [0.1, 0.15) is 19.8 Å². The van der Waals surface area contributed by atoms with Crippen molar-refractivity contribution >= 4 is 11.7 Å². The van der Waals surface area contributed by atoms with E-state index in [2.05, 4.69) is 5.32 Å². The van der Waals surface area contributed by atoms with Crippen LogP contribution >= 0.6 is 0 Å². The number of hydrogen-bond acceptors (Lipinski definition) is 3. The minimum Gasteiger partial charge on any atom is -0.368 e. The summed E-state index contributed by atoms with van der Waals surface area (Å²) in [6.45, 7) is 2.49. The molecule has 2 heterocycles. The molecule has 14 heavy (non-hydrogen) atoms. The summed E-state index contributed by atoms with van der Waals surface area (Å²) >= 11 is 0. The molecule has 1 unspecified atom stereocenters. The van der Waals surface area contributed by atoms with Gasteiger partial charge in [-0.15, -0.1) is 0 Å². The number of allylic oxidation sites excluding steroid dienone is 1. The molecular formula is C10H14N2O2. The zero-order chi connectivity index (χ0) is 10.3. The lowest BCUT2D eigenvalue weighted by molar-refractivity contribution is -0.117. The van der Waals surface area contributed by atoms with Crippen molar-refractivity contribution < 1.29 is 9.59 Å². The first-order valence-electron chi connectivity index (χ1n) is 4.88. The molecule has 0 spiro atoms. The molecule has 4 nitrogen and oxygen atoms in total. The van der Waals surface area contributed by atoms with Crippen LogP contribution in [0.5, 0.6) is 0 Å². The predicted molar refractivity (Wildman–Crippen MR) is 51.5 cm³/mol. The Bertz CT molecular complexity index is 333. The van der Waals surface area contributed by atoms with Crippen LogP contribution < -0.4 is 5.32 Å². The zero-order valence-corrected chi connectivity index (χ0v) is 8.46. The van der Waals surface area contributed by atoms with E-state index in [0.717, 1.165) is 0 Å². The van der Waals surface area contributed by atoms with Crippen LogP contribution in [0.4, 0.5) is 0 Å². The van der Waals surface area contributed by atoms with Crippen LogP contribution in [-0.4, -0.2) is 36.2 Å². The molecule has 1 N–H and O–H groups in total. The Morgan fingerprint density at radius 1 is 1.43 bits per heavy atom. The van der Waals surface area contributed by atoms with Crippen LogP contribution in [0.25, 0.3) is 0 Å². The van der Waals surface area contributed by atoms with E-state index in [-0.39, 0.29) is 17.7 Å². The lowest BCUT2D eigenvalue weighted by atomic mass is 10.1. The van der Waals surface area contributed by atoms with Gasteiger partial charge in [-0.25, -0.2) is 0 Å². The van der Waals surface area contributed by atoms with E-state index < -0.39 is 0 Å². The molecule has 1 atom stereocenters. The van der Waals surface area contributed by atoms with Gasteiger partial charge in [-0.2, -0.15) is 0 Å². The fourth-order valence-electron chi connectivity index (χ4n) is 2.04. The van der Waals surface area contributed by atoms with Gasteiger partial charge in [0, 0.05) is 38.0 Å². The number of likely N-dealkylation sites (N-methyl/N-ethyl adjacent to an activating group) is 1. The van der Waals surface area contributed by atoms with Gasteiger partial charge in [-0.3, -0.25) is 9.59 Å². The molecule has 0 aromatic rings. The molecule has 0 radical (unpaired) electrons. The van der Waals surface area contributed by atoms with Crippen LogP contribution in [0.2, 0.25) is 0 Å². The summed E-state index contributed by atoms with van der Waals surface area (Å²) in [5, 5.41) is 2.74. The Labute approximate surface area is 83.0 Å². The van der Waals surface area contributed by atoms with Gasteiger partial charge in [-0.1, -0.05) is 0 Å². The molecule has 0 aromatic heterocycles. The normalized spacial score (nSPS) is 27.6. The third-order valence-corrected chi connectivity index (χ3v) is 2.98. The van der Waals surface area contributed by atoms with E-state index in [0.29, 0.717) is 30.7 Å². The van der Waals surface area contributed by atoms with Gasteiger partial charge in [0.05, 0.1) is 5.70 Å². The maximum atomic E-state index is 11.7. The lowest BCUT2D eigenvalue weighted by Gasteiger charge is -2.20. The summed E-state index contributed by atoms with van der Waals surface area (Å²) in [7, 11) is 1.88. The summed E-state index contributed by atoms with van der Waals surface area (Å²) < 4.78 is 0. The number of nitrogens with one attached hydrogen (secondary N) is 1. The van der Waals surface area contributed by atoms with Crippen LogP contribution in [0, 0.1) is 0 Å². The van der Waals surface area contributed by atoms with Crippen molar-refractivity contribution in [2.24, 2.45) is 0 Å². The highest BCUT2D eigenvalue weighted by molar-refractivity contribution is 6.07. The topological polar surface area (TPSA) is 49.4 Å². The van der Waals surface area contributed by atoms with Crippen LogP contribution in [0.15, 0.2) is 11.3 Å². The van der Waals surface area contributed by atoms with Crippen LogP contribution in [-0.2, 0) is 9.59 Å². The maximum absolute atomic E-state index is 11.7. The van der Waals surface area contributed by atoms with Crippen LogP contribution in [0.3, 0.4) is 0 Å². The highest BCUT2D eigenvalue weighted by atomic mass is 16.2. The Balaban J connectivity index is 2.42. The largest absolute Gasteiger partial charge is 0.368 e. The number of Topliss-reactive ketones (excluding diaryl/α,β-unsaturated/α-hetero) is 1. The molecule has 0 aliphatic carbocycles. The second-order valence-corrected chi connectivity index (χ2v) is 3.92. The first kappa shape index (κ1) is 9.24. The molecule has 2 aliphatic heterocycles. The highest BCUT2D eigenvalue weighted by Gasteiger charge is 2.35. The smallest absolute Gasteiger partial charge is 0.249 e. The Hall–Kier alpha value is -1.32. The average molecular weight is 194 g/mol. The predicted octanol–water partition coefficient (Wildman–Crippen LogP) is 0.0535. The van der Waals surface area contributed by atoms with E-state index in [9.17, 15) is 9.59 Å². The number of carbonyl (C=O) groups is 2. The number of ketones is 1. The molecular weight excluding hydrogens is 180 g/mol. The molecule has 0 saturated heterocycles. The van der Waals surface area contributed by atoms with Gasteiger partial charge >= 0.3 is 0 Å². The summed E-state index contributed by atoms with van der Waals surface area (Å²) in [5.74, 6) is 0.0206. The fraction of sp³-hybridized carbons (Fsp3) is 0.600. The van der Waals surface area contributed by atoms with Crippen molar-refractivity contribution in [3.05, 3.63) is 11.3 Å². The summed E-state index contributed by atoms with van der Waals surface area (Å²) in [4.78, 5) is 25.2. The molecule has 76 valence electrons. The average Bonchev–Trinajstić information content (AvgIpc) is 2.35. The summed E-state index contributed by atoms with van der Waals surface area (Å²) in [6.07, 6.45) is 1.10. The molecule has 0 saturated carbocycles. The molecule has 1 amide bonds. The minimum absolute atomic E-state index is 0.0675. The van der Waals surface area contributed by atoms with Gasteiger partial charge in [0.1, 0.15) is 0 Å². The first-order valence-corrected chi connectivity index (χ1v) is 4.88. The number of carbonyl (C=O) groups excluding carboxylic acids is 2. The third-order valence-electron chi connectivity index (χ3n) is 2.98. The minimum atomic E-state index is -0.0675. The maximum Gasteiger partial charge on any atom is 0.249 e. The van der Waals surface area contributed by atoms with Crippen molar-refractivity contribution in [3.8, 4) is 0 Å². The monoisotopic (exact) mass is 194 g/mol. The first-order chi connectivity index (χ1) is 6.61. The number of hydrogen-bond donors (Lipinski definition) is 1. The van der Waals surface area contributed by atoms with Crippen molar-refractivity contribution in [2.45, 2.75) is 25.8 Å². The van der Waals surface area contributed by atoms with Crippen molar-refractivity contribution in [1.29, 1.82) is 0 Å². The molecule has 2 rings (SSSR count).